The van der Waals surface area contributed by atoms with Gasteiger partial charge in [-0.05, 0) is 48.3 Å². The lowest BCUT2D eigenvalue weighted by molar-refractivity contribution is 0.166. The number of amides is 1. The summed E-state index contributed by atoms with van der Waals surface area (Å²) in [6.07, 6.45) is 6.56. The van der Waals surface area contributed by atoms with Crippen molar-refractivity contribution in [1.82, 2.24) is 4.90 Å². The molecular weight excluding hydrogens is 406 g/mol. The average molecular weight is 440 g/mol. The highest BCUT2D eigenvalue weighted by molar-refractivity contribution is 6.73. The fraction of sp³-hybridized carbons (Fsp3) is 0.440. The highest BCUT2D eigenvalue weighted by Gasteiger charge is 2.33. The Bertz CT molecular complexity index is 862. The quantitative estimate of drug-likeness (QED) is 0.298. The molecule has 1 saturated heterocycles. The van der Waals surface area contributed by atoms with E-state index in [1.807, 2.05) is 48.5 Å². The third-order valence-electron chi connectivity index (χ3n) is 6.18. The van der Waals surface area contributed by atoms with Crippen molar-refractivity contribution in [2.24, 2.45) is 0 Å². The van der Waals surface area contributed by atoms with Crippen LogP contribution in [0.2, 0.25) is 18.1 Å². The standard InChI is InChI=1S/C25H33NO4Si/c1-4-31(5-2,6-3)30-23(17-16-22-15-11-19-28-22)14-10-18-26-24(20-29-25(26)27)21-12-8-7-9-13-21/h7-9,11-15,18-19,23-24H,4-6,16-17,20H2,1-3H3/t10?,23-,24+/m0/s1. The molecule has 5 nitrogen and oxygen atoms in total. The molecule has 0 N–H and O–H groups in total. The Hall–Kier alpha value is -2.53. The van der Waals surface area contributed by atoms with Gasteiger partial charge >= 0.3 is 6.09 Å². The minimum atomic E-state index is -1.78. The molecule has 0 bridgehead atoms. The largest absolute Gasteiger partial charge is 0.469 e. The molecule has 2 heterocycles. The number of carbonyl (C=O) groups excluding carboxylic acids is 1. The van der Waals surface area contributed by atoms with Gasteiger partial charge < -0.3 is 13.6 Å². The Morgan fingerprint density at radius 1 is 1.16 bits per heavy atom. The van der Waals surface area contributed by atoms with Gasteiger partial charge in [0.05, 0.1) is 24.6 Å². The topological polar surface area (TPSA) is 51.9 Å². The maximum atomic E-state index is 12.3. The normalized spacial score (nSPS) is 17.2. The predicted molar refractivity (Wildman–Crippen MR) is 124 cm³/mol. The highest BCUT2D eigenvalue weighted by Crippen LogP contribution is 2.28. The first-order chi connectivity index (χ1) is 15.1. The number of aryl methyl sites for hydroxylation is 1. The van der Waals surface area contributed by atoms with Crippen LogP contribution in [-0.2, 0) is 15.6 Å². The molecule has 0 radical (unpaired) electrons. The van der Waals surface area contributed by atoms with Crippen LogP contribution in [0.5, 0.6) is 0 Å². The molecule has 1 aromatic carbocycles. The second-order valence-electron chi connectivity index (χ2n) is 7.89. The Morgan fingerprint density at radius 3 is 2.55 bits per heavy atom. The van der Waals surface area contributed by atoms with Gasteiger partial charge in [0.1, 0.15) is 12.4 Å². The van der Waals surface area contributed by atoms with Gasteiger partial charge in [-0.1, -0.05) is 51.1 Å². The lowest BCUT2D eigenvalue weighted by atomic mass is 10.1. The zero-order chi connectivity index (χ0) is 22.1. The van der Waals surface area contributed by atoms with Crippen LogP contribution in [0.25, 0.3) is 0 Å². The predicted octanol–water partition coefficient (Wildman–Crippen LogP) is 6.46. The van der Waals surface area contributed by atoms with E-state index in [-0.39, 0.29) is 18.2 Å². The number of carbonyl (C=O) groups is 1. The van der Waals surface area contributed by atoms with Crippen LogP contribution in [0.4, 0.5) is 4.79 Å². The smallest absolute Gasteiger partial charge is 0.415 e. The maximum Gasteiger partial charge on any atom is 0.415 e. The summed E-state index contributed by atoms with van der Waals surface area (Å²) in [5, 5.41) is 0. The number of nitrogens with zero attached hydrogens (tertiary/aromatic N) is 1. The van der Waals surface area contributed by atoms with Gasteiger partial charge in [0, 0.05) is 6.42 Å². The molecule has 3 rings (SSSR count). The van der Waals surface area contributed by atoms with Crippen LogP contribution < -0.4 is 0 Å². The molecule has 2 aromatic rings. The van der Waals surface area contributed by atoms with Crippen molar-refractivity contribution in [2.45, 2.75) is 63.9 Å². The number of hydrogen-bond acceptors (Lipinski definition) is 4. The summed E-state index contributed by atoms with van der Waals surface area (Å²) in [6, 6.07) is 17.0. The van der Waals surface area contributed by atoms with E-state index < -0.39 is 8.32 Å². The van der Waals surface area contributed by atoms with Crippen molar-refractivity contribution >= 4 is 14.4 Å². The molecule has 1 aliphatic heterocycles. The summed E-state index contributed by atoms with van der Waals surface area (Å²) in [5.41, 5.74) is 4.27. The summed E-state index contributed by atoms with van der Waals surface area (Å²) in [7, 11) is -1.78. The first kappa shape index (κ1) is 23.1. The monoisotopic (exact) mass is 439 g/mol. The van der Waals surface area contributed by atoms with E-state index in [4.69, 9.17) is 13.6 Å². The number of ether oxygens (including phenoxy) is 1. The lowest BCUT2D eigenvalue weighted by Gasteiger charge is -2.31. The summed E-state index contributed by atoms with van der Waals surface area (Å²) in [6.45, 7) is 7.03. The van der Waals surface area contributed by atoms with Gasteiger partial charge in [-0.25, -0.2) is 4.79 Å². The van der Waals surface area contributed by atoms with Crippen molar-refractivity contribution in [2.75, 3.05) is 6.61 Å². The van der Waals surface area contributed by atoms with Crippen LogP contribution in [0.15, 0.2) is 71.2 Å². The molecular formula is C25H33NO4Si. The molecule has 166 valence electrons. The Balaban J connectivity index is 1.77. The highest BCUT2D eigenvalue weighted by atomic mass is 28.4. The van der Waals surface area contributed by atoms with E-state index in [1.54, 1.807) is 17.4 Å². The minimum absolute atomic E-state index is 0.0679. The molecule has 0 saturated carbocycles. The van der Waals surface area contributed by atoms with Crippen LogP contribution >= 0.6 is 0 Å². The van der Waals surface area contributed by atoms with Gasteiger partial charge in [-0.3, -0.25) is 4.90 Å². The molecule has 0 spiro atoms. The van der Waals surface area contributed by atoms with Crippen molar-refractivity contribution in [3.8, 4) is 0 Å². The minimum Gasteiger partial charge on any atom is -0.469 e. The maximum absolute atomic E-state index is 12.3. The molecule has 31 heavy (non-hydrogen) atoms. The fourth-order valence-corrected chi connectivity index (χ4v) is 6.80. The molecule has 6 heteroatoms. The van der Waals surface area contributed by atoms with Gasteiger partial charge in [-0.15, -0.1) is 5.73 Å². The van der Waals surface area contributed by atoms with Crippen LogP contribution in [-0.4, -0.2) is 32.0 Å². The molecule has 0 unspecified atom stereocenters. The first-order valence-corrected chi connectivity index (χ1v) is 13.8. The van der Waals surface area contributed by atoms with Crippen molar-refractivity contribution in [3.05, 3.63) is 78.1 Å². The summed E-state index contributed by atoms with van der Waals surface area (Å²) in [5.74, 6) is 0.954. The van der Waals surface area contributed by atoms with Gasteiger partial charge in [-0.2, -0.15) is 0 Å². The zero-order valence-electron chi connectivity index (χ0n) is 18.8. The van der Waals surface area contributed by atoms with E-state index in [0.717, 1.165) is 42.3 Å². The van der Waals surface area contributed by atoms with E-state index in [0.29, 0.717) is 6.61 Å². The number of hydrogen-bond donors (Lipinski definition) is 0. The molecule has 2 atom stereocenters. The van der Waals surface area contributed by atoms with E-state index in [9.17, 15) is 4.79 Å². The Kier molecular flexibility index (Phi) is 8.35. The average Bonchev–Trinajstić information content (AvgIpc) is 3.46. The molecule has 0 aliphatic carbocycles. The van der Waals surface area contributed by atoms with Crippen LogP contribution in [0.1, 0.15) is 44.6 Å². The van der Waals surface area contributed by atoms with E-state index in [2.05, 4.69) is 26.5 Å². The first-order valence-electron chi connectivity index (χ1n) is 11.2. The number of furan rings is 1. The summed E-state index contributed by atoms with van der Waals surface area (Å²) in [4.78, 5) is 13.9. The lowest BCUT2D eigenvalue weighted by Crippen LogP contribution is -2.39. The number of cyclic esters (lactones) is 1. The SMILES string of the molecule is CC[Si](CC)(CC)O[C@@H](C=C=CN1C(=O)OC[C@@H]1c1ccccc1)CCc1ccco1. The molecule has 1 aromatic heterocycles. The van der Waals surface area contributed by atoms with Gasteiger partial charge in [0.15, 0.2) is 8.32 Å². The third kappa shape index (κ3) is 6.00. The zero-order valence-corrected chi connectivity index (χ0v) is 19.8. The van der Waals surface area contributed by atoms with Crippen molar-refractivity contribution in [3.63, 3.8) is 0 Å². The van der Waals surface area contributed by atoms with Gasteiger partial charge in [0.25, 0.3) is 0 Å². The second-order valence-corrected chi connectivity index (χ2v) is 12.6. The fourth-order valence-electron chi connectivity index (χ4n) is 3.97. The number of rotatable bonds is 11. The molecule has 1 fully saturated rings. The third-order valence-corrected chi connectivity index (χ3v) is 10.8. The van der Waals surface area contributed by atoms with Crippen LogP contribution in [0.3, 0.4) is 0 Å². The van der Waals surface area contributed by atoms with Crippen molar-refractivity contribution < 1.29 is 18.4 Å². The van der Waals surface area contributed by atoms with E-state index >= 15 is 0 Å². The molecule has 1 amide bonds. The summed E-state index contributed by atoms with van der Waals surface area (Å²) < 4.78 is 17.5. The number of benzene rings is 1. The van der Waals surface area contributed by atoms with Crippen molar-refractivity contribution in [1.29, 1.82) is 0 Å². The van der Waals surface area contributed by atoms with Gasteiger partial charge in [0.2, 0.25) is 0 Å². The Morgan fingerprint density at radius 2 is 1.90 bits per heavy atom. The van der Waals surface area contributed by atoms with E-state index in [1.165, 1.54) is 0 Å². The Labute approximate surface area is 186 Å². The molecule has 1 aliphatic rings. The van der Waals surface area contributed by atoms with Crippen LogP contribution in [0, 0.1) is 0 Å². The second kappa shape index (κ2) is 11.2. The summed E-state index contributed by atoms with van der Waals surface area (Å²) >= 11 is 0.